The molecule has 3 rings (SSSR count). The lowest BCUT2D eigenvalue weighted by Crippen LogP contribution is -2.38. The second-order valence-electron chi connectivity index (χ2n) is 7.07. The fourth-order valence-electron chi connectivity index (χ4n) is 3.28. The summed E-state index contributed by atoms with van der Waals surface area (Å²) < 4.78 is 22.0. The zero-order chi connectivity index (χ0) is 21.9. The van der Waals surface area contributed by atoms with Crippen LogP contribution in [0.3, 0.4) is 0 Å². The lowest BCUT2D eigenvalue weighted by Gasteiger charge is -2.26. The predicted octanol–water partition coefficient (Wildman–Crippen LogP) is 2.60. The lowest BCUT2D eigenvalue weighted by molar-refractivity contribution is 0.0322. The summed E-state index contributed by atoms with van der Waals surface area (Å²) in [4.78, 5) is 6.66. The quantitative estimate of drug-likeness (QED) is 0.470. The molecule has 2 aromatic rings. The first-order chi connectivity index (χ1) is 15.2. The molecule has 1 aliphatic heterocycles. The number of rotatable bonds is 9. The Hall–Kier alpha value is -2.97. The van der Waals surface area contributed by atoms with Gasteiger partial charge in [0.15, 0.2) is 17.5 Å². The van der Waals surface area contributed by atoms with E-state index in [0.717, 1.165) is 49.8 Å². The molecule has 0 spiro atoms. The standard InChI is InChI=1S/C23H32N4O4/c1-24-23(26-19-7-8-21(28-2)22(16-19)29-3)25-17-18-5-4-6-20(15-18)31-14-11-27-9-12-30-13-10-27/h4-8,15-16H,9-14,17H2,1-3H3,(H2,24,25,26). The highest BCUT2D eigenvalue weighted by atomic mass is 16.5. The van der Waals surface area contributed by atoms with Crippen LogP contribution in [0.25, 0.3) is 0 Å². The van der Waals surface area contributed by atoms with Crippen LogP contribution in [0.4, 0.5) is 5.69 Å². The second-order valence-corrected chi connectivity index (χ2v) is 7.07. The maximum atomic E-state index is 5.94. The van der Waals surface area contributed by atoms with Gasteiger partial charge in [0.05, 0.1) is 27.4 Å². The normalized spacial score (nSPS) is 14.7. The fraction of sp³-hybridized carbons (Fsp3) is 0.435. The van der Waals surface area contributed by atoms with Crippen molar-refractivity contribution < 1.29 is 18.9 Å². The molecule has 8 nitrogen and oxygen atoms in total. The van der Waals surface area contributed by atoms with Gasteiger partial charge in [-0.15, -0.1) is 0 Å². The number of benzene rings is 2. The van der Waals surface area contributed by atoms with E-state index >= 15 is 0 Å². The molecular formula is C23H32N4O4. The average Bonchev–Trinajstić information content (AvgIpc) is 2.82. The fourth-order valence-corrected chi connectivity index (χ4v) is 3.28. The van der Waals surface area contributed by atoms with Crippen molar-refractivity contribution in [2.75, 3.05) is 66.0 Å². The van der Waals surface area contributed by atoms with Crippen molar-refractivity contribution in [3.05, 3.63) is 48.0 Å². The molecule has 2 N–H and O–H groups in total. The van der Waals surface area contributed by atoms with Gasteiger partial charge in [0.2, 0.25) is 0 Å². The summed E-state index contributed by atoms with van der Waals surface area (Å²) in [6.07, 6.45) is 0. The molecule has 1 fully saturated rings. The highest BCUT2D eigenvalue weighted by Gasteiger charge is 2.10. The van der Waals surface area contributed by atoms with E-state index in [4.69, 9.17) is 18.9 Å². The molecule has 0 radical (unpaired) electrons. The van der Waals surface area contributed by atoms with E-state index in [1.807, 2.05) is 30.3 Å². The molecule has 8 heteroatoms. The van der Waals surface area contributed by atoms with Gasteiger partial charge in [-0.3, -0.25) is 9.89 Å². The zero-order valence-electron chi connectivity index (χ0n) is 18.5. The maximum Gasteiger partial charge on any atom is 0.195 e. The first-order valence-electron chi connectivity index (χ1n) is 10.4. The van der Waals surface area contributed by atoms with Gasteiger partial charge in [0, 0.05) is 45.0 Å². The van der Waals surface area contributed by atoms with E-state index in [1.54, 1.807) is 21.3 Å². The van der Waals surface area contributed by atoms with Gasteiger partial charge in [0.1, 0.15) is 12.4 Å². The second kappa shape index (κ2) is 12.0. The number of morpholine rings is 1. The van der Waals surface area contributed by atoms with Crippen molar-refractivity contribution in [2.45, 2.75) is 6.54 Å². The van der Waals surface area contributed by atoms with Crippen LogP contribution in [-0.4, -0.2) is 71.6 Å². The Bertz CT molecular complexity index is 853. The molecule has 0 saturated carbocycles. The summed E-state index contributed by atoms with van der Waals surface area (Å²) in [6.45, 7) is 5.75. The summed E-state index contributed by atoms with van der Waals surface area (Å²) in [5.74, 6) is 2.87. The summed E-state index contributed by atoms with van der Waals surface area (Å²) in [5.41, 5.74) is 1.96. The van der Waals surface area contributed by atoms with Crippen molar-refractivity contribution >= 4 is 11.6 Å². The first-order valence-corrected chi connectivity index (χ1v) is 10.4. The Labute approximate surface area is 184 Å². The monoisotopic (exact) mass is 428 g/mol. The van der Waals surface area contributed by atoms with Crippen LogP contribution < -0.4 is 24.8 Å². The Balaban J connectivity index is 1.49. The molecule has 0 atom stereocenters. The number of anilines is 1. The SMILES string of the molecule is CN=C(NCc1cccc(OCCN2CCOCC2)c1)Nc1ccc(OC)c(OC)c1. The number of methoxy groups -OCH3 is 2. The minimum atomic E-state index is 0.619. The Morgan fingerprint density at radius 2 is 1.87 bits per heavy atom. The van der Waals surface area contributed by atoms with Crippen molar-refractivity contribution in [3.8, 4) is 17.2 Å². The Kier molecular flexibility index (Phi) is 8.81. The van der Waals surface area contributed by atoms with Crippen LogP contribution in [0.5, 0.6) is 17.2 Å². The van der Waals surface area contributed by atoms with E-state index in [2.05, 4.69) is 32.7 Å². The third kappa shape index (κ3) is 7.04. The average molecular weight is 429 g/mol. The molecule has 168 valence electrons. The smallest absolute Gasteiger partial charge is 0.195 e. The Morgan fingerprint density at radius 1 is 1.06 bits per heavy atom. The van der Waals surface area contributed by atoms with Gasteiger partial charge >= 0.3 is 0 Å². The van der Waals surface area contributed by atoms with Crippen molar-refractivity contribution in [2.24, 2.45) is 4.99 Å². The van der Waals surface area contributed by atoms with Crippen LogP contribution >= 0.6 is 0 Å². The summed E-state index contributed by atoms with van der Waals surface area (Å²) >= 11 is 0. The lowest BCUT2D eigenvalue weighted by atomic mass is 10.2. The van der Waals surface area contributed by atoms with E-state index in [0.29, 0.717) is 30.6 Å². The maximum absolute atomic E-state index is 5.94. The minimum absolute atomic E-state index is 0.619. The Morgan fingerprint density at radius 3 is 2.61 bits per heavy atom. The van der Waals surface area contributed by atoms with Gasteiger partial charge in [-0.05, 0) is 29.8 Å². The summed E-state index contributed by atoms with van der Waals surface area (Å²) in [7, 11) is 4.97. The van der Waals surface area contributed by atoms with Crippen molar-refractivity contribution in [1.82, 2.24) is 10.2 Å². The van der Waals surface area contributed by atoms with Crippen LogP contribution in [0.2, 0.25) is 0 Å². The number of guanidine groups is 1. The van der Waals surface area contributed by atoms with E-state index < -0.39 is 0 Å². The molecule has 0 unspecified atom stereocenters. The third-order valence-electron chi connectivity index (χ3n) is 5.01. The molecule has 0 amide bonds. The van der Waals surface area contributed by atoms with Crippen LogP contribution in [-0.2, 0) is 11.3 Å². The number of nitrogens with one attached hydrogen (secondary N) is 2. The summed E-state index contributed by atoms with van der Waals surface area (Å²) in [5, 5.41) is 6.59. The number of hydrogen-bond donors (Lipinski definition) is 2. The molecule has 0 aromatic heterocycles. The molecular weight excluding hydrogens is 396 g/mol. The third-order valence-corrected chi connectivity index (χ3v) is 5.01. The van der Waals surface area contributed by atoms with Crippen molar-refractivity contribution in [3.63, 3.8) is 0 Å². The van der Waals surface area contributed by atoms with Gasteiger partial charge in [-0.25, -0.2) is 0 Å². The number of ether oxygens (including phenoxy) is 4. The molecule has 31 heavy (non-hydrogen) atoms. The van der Waals surface area contributed by atoms with Gasteiger partial charge in [-0.2, -0.15) is 0 Å². The number of aliphatic imine (C=N–C) groups is 1. The zero-order valence-corrected chi connectivity index (χ0v) is 18.5. The van der Waals surface area contributed by atoms with Crippen LogP contribution in [0.1, 0.15) is 5.56 Å². The summed E-state index contributed by atoms with van der Waals surface area (Å²) in [6, 6.07) is 13.7. The highest BCUT2D eigenvalue weighted by Crippen LogP contribution is 2.29. The molecule has 0 aliphatic carbocycles. The molecule has 2 aromatic carbocycles. The van der Waals surface area contributed by atoms with E-state index in [9.17, 15) is 0 Å². The van der Waals surface area contributed by atoms with Crippen LogP contribution in [0.15, 0.2) is 47.5 Å². The van der Waals surface area contributed by atoms with Gasteiger partial charge < -0.3 is 29.6 Å². The first kappa shape index (κ1) is 22.7. The molecule has 1 aliphatic rings. The largest absolute Gasteiger partial charge is 0.493 e. The van der Waals surface area contributed by atoms with Gasteiger partial charge in [0.25, 0.3) is 0 Å². The highest BCUT2D eigenvalue weighted by molar-refractivity contribution is 5.93. The molecule has 0 bridgehead atoms. The topological polar surface area (TPSA) is 76.6 Å². The predicted molar refractivity (Wildman–Crippen MR) is 123 cm³/mol. The molecule has 1 heterocycles. The molecule has 1 saturated heterocycles. The van der Waals surface area contributed by atoms with Crippen LogP contribution in [0, 0.1) is 0 Å². The number of hydrogen-bond acceptors (Lipinski definition) is 6. The van der Waals surface area contributed by atoms with E-state index in [-0.39, 0.29) is 0 Å². The van der Waals surface area contributed by atoms with E-state index in [1.165, 1.54) is 0 Å². The minimum Gasteiger partial charge on any atom is -0.493 e. The van der Waals surface area contributed by atoms with Gasteiger partial charge in [-0.1, -0.05) is 12.1 Å². The number of nitrogens with zero attached hydrogens (tertiary/aromatic N) is 2. The van der Waals surface area contributed by atoms with Crippen molar-refractivity contribution in [1.29, 1.82) is 0 Å².